The van der Waals surface area contributed by atoms with E-state index in [9.17, 15) is 18.8 Å². The molecule has 256 valence electrons. The second kappa shape index (κ2) is 14.8. The van der Waals surface area contributed by atoms with Crippen LogP contribution in [-0.2, 0) is 15.3 Å². The first-order valence-corrected chi connectivity index (χ1v) is 18.3. The molecule has 3 saturated heterocycles. The smallest absolute Gasteiger partial charge is 0.261 e. The number of piperazine rings is 1. The van der Waals surface area contributed by atoms with Crippen LogP contribution in [0.4, 0.5) is 15.8 Å². The lowest BCUT2D eigenvalue weighted by atomic mass is 10.1. The van der Waals surface area contributed by atoms with Crippen LogP contribution in [0.15, 0.2) is 41.2 Å². The SMILES string of the molecule is O=C1CCC(Nc2ccc(N3CCN(CCN4CCC(SCc5nc6cc(OCC7CC7)cc(F)c6c(=O)[nH]5)CC4)CC3)cc2)C(=O)N1. The number of hydrogen-bond donors (Lipinski definition) is 3. The number of thioether (sulfide) groups is 1. The van der Waals surface area contributed by atoms with Crippen molar-refractivity contribution in [1.82, 2.24) is 25.1 Å². The topological polar surface area (TPSA) is 123 Å². The van der Waals surface area contributed by atoms with E-state index in [1.54, 1.807) is 6.07 Å². The number of hydrogen-bond acceptors (Lipinski definition) is 10. The summed E-state index contributed by atoms with van der Waals surface area (Å²) in [6, 6.07) is 10.8. The summed E-state index contributed by atoms with van der Waals surface area (Å²) in [4.78, 5) is 51.0. The van der Waals surface area contributed by atoms with E-state index in [2.05, 4.69) is 47.4 Å². The van der Waals surface area contributed by atoms with Crippen LogP contribution in [0.2, 0.25) is 0 Å². The number of ether oxygens (including phenoxy) is 1. The Labute approximate surface area is 284 Å². The molecule has 1 saturated carbocycles. The molecule has 1 unspecified atom stereocenters. The van der Waals surface area contributed by atoms with Crippen molar-refractivity contribution in [2.75, 3.05) is 69.2 Å². The Morgan fingerprint density at radius 1 is 0.917 bits per heavy atom. The third-order valence-corrected chi connectivity index (χ3v) is 11.3. The number of nitrogens with one attached hydrogen (secondary N) is 3. The van der Waals surface area contributed by atoms with Gasteiger partial charge in [-0.2, -0.15) is 11.8 Å². The summed E-state index contributed by atoms with van der Waals surface area (Å²) in [6.07, 6.45) is 5.37. The van der Waals surface area contributed by atoms with Gasteiger partial charge in [0.2, 0.25) is 11.8 Å². The van der Waals surface area contributed by atoms with Gasteiger partial charge in [-0.15, -0.1) is 0 Å². The highest BCUT2D eigenvalue weighted by Crippen LogP contribution is 2.31. The molecule has 3 aliphatic heterocycles. The predicted octanol–water partition coefficient (Wildman–Crippen LogP) is 3.59. The number of rotatable bonds is 12. The van der Waals surface area contributed by atoms with Gasteiger partial charge in [-0.1, -0.05) is 0 Å². The van der Waals surface area contributed by atoms with Crippen molar-refractivity contribution in [1.29, 1.82) is 0 Å². The van der Waals surface area contributed by atoms with Gasteiger partial charge in [0.05, 0.1) is 17.9 Å². The largest absolute Gasteiger partial charge is 0.493 e. The second-order valence-electron chi connectivity index (χ2n) is 13.4. The molecule has 2 aromatic carbocycles. The summed E-state index contributed by atoms with van der Waals surface area (Å²) in [5, 5.41) is 6.13. The van der Waals surface area contributed by atoms with Crippen molar-refractivity contribution in [3.8, 4) is 5.75 Å². The van der Waals surface area contributed by atoms with Crippen LogP contribution in [0, 0.1) is 11.7 Å². The van der Waals surface area contributed by atoms with Gasteiger partial charge in [0, 0.05) is 74.4 Å². The number of aromatic nitrogens is 2. The number of imide groups is 1. The van der Waals surface area contributed by atoms with Crippen molar-refractivity contribution in [2.24, 2.45) is 5.92 Å². The molecule has 3 aromatic rings. The number of nitrogens with zero attached hydrogens (tertiary/aromatic N) is 4. The molecule has 1 aromatic heterocycles. The molecule has 0 spiro atoms. The average molecular weight is 678 g/mol. The fourth-order valence-corrected chi connectivity index (χ4v) is 7.78. The molecule has 4 aliphatic rings. The summed E-state index contributed by atoms with van der Waals surface area (Å²) in [6.45, 7) is 8.83. The number of carbonyl (C=O) groups is 2. The zero-order valence-corrected chi connectivity index (χ0v) is 28.0. The standard InChI is InChI=1S/C35H44FN7O4S/c36-28-19-26(47-21-23-1-2-23)20-30-33(28)35(46)39-31(38-30)22-48-27-9-11-41(12-10-27)13-14-42-15-17-43(18-16-42)25-5-3-24(4-6-25)37-29-7-8-32(44)40-34(29)45/h3-6,19-20,23,27,29,37H,1-2,7-18,21-22H2,(H,38,39,46)(H,40,44,45). The van der Waals surface area contributed by atoms with Crippen LogP contribution in [-0.4, -0.2) is 102 Å². The minimum Gasteiger partial charge on any atom is -0.493 e. The van der Waals surface area contributed by atoms with Gasteiger partial charge in [-0.25, -0.2) is 9.37 Å². The minimum absolute atomic E-state index is 0.00696. The number of carbonyl (C=O) groups excluding carboxylic acids is 2. The van der Waals surface area contributed by atoms with Gasteiger partial charge < -0.3 is 24.8 Å². The summed E-state index contributed by atoms with van der Waals surface area (Å²) >= 11 is 1.82. The molecule has 2 amide bonds. The molecule has 11 nitrogen and oxygen atoms in total. The first kappa shape index (κ1) is 32.8. The number of anilines is 2. The Morgan fingerprint density at radius 2 is 1.65 bits per heavy atom. The average Bonchev–Trinajstić information content (AvgIpc) is 3.92. The third kappa shape index (κ3) is 8.30. The van der Waals surface area contributed by atoms with Gasteiger partial charge >= 0.3 is 0 Å². The van der Waals surface area contributed by atoms with Crippen LogP contribution < -0.4 is 25.8 Å². The van der Waals surface area contributed by atoms with Crippen molar-refractivity contribution in [2.45, 2.75) is 55.6 Å². The van der Waals surface area contributed by atoms with E-state index in [0.717, 1.165) is 83.7 Å². The first-order chi connectivity index (χ1) is 23.4. The van der Waals surface area contributed by atoms with Crippen LogP contribution >= 0.6 is 11.8 Å². The lowest BCUT2D eigenvalue weighted by Gasteiger charge is -2.38. The Kier molecular flexibility index (Phi) is 10.2. The molecular weight excluding hydrogens is 633 g/mol. The monoisotopic (exact) mass is 677 g/mol. The van der Waals surface area contributed by atoms with E-state index >= 15 is 0 Å². The van der Waals surface area contributed by atoms with Gasteiger partial charge in [0.1, 0.15) is 28.8 Å². The zero-order valence-electron chi connectivity index (χ0n) is 27.2. The van der Waals surface area contributed by atoms with Gasteiger partial charge in [0.15, 0.2) is 0 Å². The highest BCUT2D eigenvalue weighted by Gasteiger charge is 2.27. The van der Waals surface area contributed by atoms with E-state index in [1.165, 1.54) is 11.8 Å². The predicted molar refractivity (Wildman–Crippen MR) is 186 cm³/mol. The molecule has 1 aliphatic carbocycles. The molecule has 7 rings (SSSR count). The van der Waals surface area contributed by atoms with E-state index < -0.39 is 11.4 Å². The Morgan fingerprint density at radius 3 is 2.35 bits per heavy atom. The van der Waals surface area contributed by atoms with Gasteiger partial charge in [-0.05, 0) is 75.4 Å². The molecule has 0 bridgehead atoms. The first-order valence-electron chi connectivity index (χ1n) is 17.2. The van der Waals surface area contributed by atoms with Crippen LogP contribution in [0.5, 0.6) is 5.75 Å². The minimum atomic E-state index is -0.589. The van der Waals surface area contributed by atoms with E-state index in [4.69, 9.17) is 4.74 Å². The van der Waals surface area contributed by atoms with Gasteiger partial charge in [0.25, 0.3) is 5.56 Å². The second-order valence-corrected chi connectivity index (χ2v) is 14.7. The lowest BCUT2D eigenvalue weighted by molar-refractivity contribution is -0.133. The van der Waals surface area contributed by atoms with Gasteiger partial charge in [-0.3, -0.25) is 24.6 Å². The zero-order chi connectivity index (χ0) is 33.0. The molecule has 0 radical (unpaired) electrons. The summed E-state index contributed by atoms with van der Waals surface area (Å²) in [5.41, 5.74) is 1.98. The van der Waals surface area contributed by atoms with Crippen molar-refractivity contribution >= 4 is 45.9 Å². The number of benzene rings is 2. The Balaban J connectivity index is 0.810. The normalized spacial score (nSPS) is 21.4. The maximum atomic E-state index is 14.7. The maximum Gasteiger partial charge on any atom is 0.261 e. The molecule has 4 fully saturated rings. The quantitative estimate of drug-likeness (QED) is 0.245. The molecule has 48 heavy (non-hydrogen) atoms. The molecule has 4 heterocycles. The van der Waals surface area contributed by atoms with Crippen LogP contribution in [0.25, 0.3) is 10.9 Å². The summed E-state index contributed by atoms with van der Waals surface area (Å²) in [5.74, 6) is 1.11. The number of aromatic amines is 1. The number of likely N-dealkylation sites (tertiary alicyclic amines) is 1. The highest BCUT2D eigenvalue weighted by molar-refractivity contribution is 7.99. The Hall–Kier alpha value is -3.68. The molecular formula is C35H44FN7O4S. The van der Waals surface area contributed by atoms with Crippen LogP contribution in [0.1, 0.15) is 44.3 Å². The van der Waals surface area contributed by atoms with E-state index in [1.807, 2.05) is 23.9 Å². The fraction of sp³-hybridized carbons (Fsp3) is 0.543. The number of H-pyrrole nitrogens is 1. The highest BCUT2D eigenvalue weighted by atomic mass is 32.2. The number of halogens is 1. The lowest BCUT2D eigenvalue weighted by Crippen LogP contribution is -2.49. The van der Waals surface area contributed by atoms with Crippen LogP contribution in [0.3, 0.4) is 0 Å². The maximum absolute atomic E-state index is 14.7. The van der Waals surface area contributed by atoms with E-state index in [0.29, 0.717) is 53.5 Å². The number of piperidine rings is 2. The fourth-order valence-electron chi connectivity index (χ4n) is 6.71. The van der Waals surface area contributed by atoms with E-state index in [-0.39, 0.29) is 23.2 Å². The molecule has 1 atom stereocenters. The van der Waals surface area contributed by atoms with Crippen molar-refractivity contribution < 1.29 is 18.7 Å². The Bertz CT molecular complexity index is 1670. The summed E-state index contributed by atoms with van der Waals surface area (Å²) in [7, 11) is 0. The summed E-state index contributed by atoms with van der Waals surface area (Å²) < 4.78 is 20.4. The van der Waals surface area contributed by atoms with Crippen molar-refractivity contribution in [3.05, 3.63) is 58.4 Å². The molecule has 13 heteroatoms. The molecule has 3 N–H and O–H groups in total. The number of amides is 2. The number of fused-ring (bicyclic) bond motifs is 1. The third-order valence-electron chi connectivity index (χ3n) is 9.87. The van der Waals surface area contributed by atoms with Crippen molar-refractivity contribution in [3.63, 3.8) is 0 Å².